The Balaban J connectivity index is 0.000000224. The molecule has 6 aromatic heterocycles. The van der Waals surface area contributed by atoms with E-state index in [2.05, 4.69) is 26.2 Å². The van der Waals surface area contributed by atoms with E-state index in [0.29, 0.717) is 44.2 Å². The number of methoxy groups -OCH3 is 1. The van der Waals surface area contributed by atoms with Crippen LogP contribution in [0.2, 0.25) is 5.02 Å². The fourth-order valence-corrected chi connectivity index (χ4v) is 6.46. The number of aromatic hydroxyl groups is 1. The lowest BCUT2D eigenvalue weighted by Crippen LogP contribution is -2.23. The van der Waals surface area contributed by atoms with Gasteiger partial charge in [0.2, 0.25) is 5.88 Å². The van der Waals surface area contributed by atoms with Crippen molar-refractivity contribution in [3.05, 3.63) is 152 Å². The average Bonchev–Trinajstić information content (AvgIpc) is 3.92. The fraction of sp³-hybridized carbons (Fsp3) is 0.119. The highest BCUT2D eigenvalue weighted by Crippen LogP contribution is 2.32. The molecular formula is C42H30ClN11O4. The van der Waals surface area contributed by atoms with Crippen LogP contribution in [-0.2, 0) is 13.2 Å². The summed E-state index contributed by atoms with van der Waals surface area (Å²) in [6.07, 6.45) is 7.89. The summed E-state index contributed by atoms with van der Waals surface area (Å²) in [6, 6.07) is 25.2. The van der Waals surface area contributed by atoms with Crippen molar-refractivity contribution in [1.82, 2.24) is 39.1 Å². The first-order valence-corrected chi connectivity index (χ1v) is 17.8. The largest absolute Gasteiger partial charge is 0.506 e. The Morgan fingerprint density at radius 3 is 2.02 bits per heavy atom. The molecule has 0 radical (unpaired) electrons. The Morgan fingerprint density at radius 2 is 1.41 bits per heavy atom. The number of halogens is 1. The van der Waals surface area contributed by atoms with Crippen molar-refractivity contribution in [3.8, 4) is 47.0 Å². The molecule has 6 heterocycles. The van der Waals surface area contributed by atoms with Crippen LogP contribution in [0.5, 0.6) is 17.4 Å². The molecule has 15 nitrogen and oxygen atoms in total. The average molecular weight is 788 g/mol. The maximum absolute atomic E-state index is 12.7. The van der Waals surface area contributed by atoms with Gasteiger partial charge in [-0.05, 0) is 50.2 Å². The maximum atomic E-state index is 12.7. The molecule has 0 aliphatic rings. The van der Waals surface area contributed by atoms with Crippen molar-refractivity contribution >= 4 is 33.4 Å². The minimum atomic E-state index is -0.438. The molecular weight excluding hydrogens is 758 g/mol. The molecule has 8 aromatic rings. The van der Waals surface area contributed by atoms with Crippen LogP contribution in [0.3, 0.4) is 0 Å². The first-order valence-electron chi connectivity index (χ1n) is 17.4. The number of nitrogens with zero attached hydrogens (tertiary/aromatic N) is 11. The zero-order chi connectivity index (χ0) is 40.9. The lowest BCUT2D eigenvalue weighted by atomic mass is 10.1. The molecule has 58 heavy (non-hydrogen) atoms. The number of nitriles is 3. The minimum absolute atomic E-state index is 0.0244. The third-order valence-electron chi connectivity index (χ3n) is 8.92. The SMILES string of the molecule is COc1cc(Cl)c(COc2cccc3c(-n4cc(C#N)cn4)cc(C)nc23)c(Cn2cccc(C#N)c2=O)n1.Cc1cc(-n2cc(C#N)cn2)c2cccc(O)c2n1. The Labute approximate surface area is 335 Å². The van der Waals surface area contributed by atoms with Gasteiger partial charge in [-0.15, -0.1) is 0 Å². The van der Waals surface area contributed by atoms with E-state index in [1.165, 1.54) is 30.1 Å². The summed E-state index contributed by atoms with van der Waals surface area (Å²) in [6.45, 7) is 3.80. The smallest absolute Gasteiger partial charge is 0.268 e. The quantitative estimate of drug-likeness (QED) is 0.172. The second kappa shape index (κ2) is 16.4. The second-order valence-corrected chi connectivity index (χ2v) is 13.2. The molecule has 8 rings (SSSR count). The van der Waals surface area contributed by atoms with Crippen molar-refractivity contribution in [2.45, 2.75) is 27.0 Å². The number of aryl methyl sites for hydroxylation is 2. The maximum Gasteiger partial charge on any atom is 0.268 e. The van der Waals surface area contributed by atoms with Gasteiger partial charge in [-0.1, -0.05) is 35.9 Å². The summed E-state index contributed by atoms with van der Waals surface area (Å²) in [7, 11) is 1.47. The van der Waals surface area contributed by atoms with Crippen LogP contribution in [0, 0.1) is 47.8 Å². The van der Waals surface area contributed by atoms with Crippen molar-refractivity contribution in [2.75, 3.05) is 7.11 Å². The van der Waals surface area contributed by atoms with Crippen LogP contribution < -0.4 is 15.0 Å². The molecule has 0 spiro atoms. The van der Waals surface area contributed by atoms with Crippen molar-refractivity contribution < 1.29 is 14.6 Å². The van der Waals surface area contributed by atoms with E-state index < -0.39 is 5.56 Å². The molecule has 0 amide bonds. The van der Waals surface area contributed by atoms with E-state index >= 15 is 0 Å². The number of aromatic nitrogens is 8. The standard InChI is InChI=1S/C28H20ClN7O3.C14H10N4O/c1-17-9-24(36-14-18(11-30)13-32-36)20-6-3-7-25(27(20)33-17)39-16-21-22(29)10-26(38-2)34-23(21)15-35-8-4-5-19(12-31)28(35)37;1-9-5-12(18-8-10(6-15)7-16-18)11-3-2-4-13(19)14(11)17-9/h3-10,13-14H,15-16H2,1-2H3;2-5,7-8,19H,1H3. The zero-order valence-corrected chi connectivity index (χ0v) is 31.9. The van der Waals surface area contributed by atoms with Crippen LogP contribution in [0.15, 0.2) is 103 Å². The van der Waals surface area contributed by atoms with Gasteiger partial charge in [0.15, 0.2) is 0 Å². The van der Waals surface area contributed by atoms with Gasteiger partial charge in [0.1, 0.15) is 52.9 Å². The number of ether oxygens (including phenoxy) is 2. The van der Waals surface area contributed by atoms with E-state index in [1.807, 2.05) is 56.3 Å². The summed E-state index contributed by atoms with van der Waals surface area (Å²) in [5, 5.41) is 47.6. The summed E-state index contributed by atoms with van der Waals surface area (Å²) in [5.74, 6) is 0.924. The molecule has 0 unspecified atom stereocenters. The van der Waals surface area contributed by atoms with E-state index in [0.717, 1.165) is 33.5 Å². The minimum Gasteiger partial charge on any atom is -0.506 e. The highest BCUT2D eigenvalue weighted by atomic mass is 35.5. The van der Waals surface area contributed by atoms with Crippen molar-refractivity contribution in [3.63, 3.8) is 0 Å². The topological polar surface area (TPSA) is 206 Å². The molecule has 16 heteroatoms. The number of phenols is 1. The number of hydrogen-bond donors (Lipinski definition) is 1. The van der Waals surface area contributed by atoms with E-state index in [4.69, 9.17) is 31.3 Å². The van der Waals surface area contributed by atoms with E-state index in [1.54, 1.807) is 58.3 Å². The molecule has 0 aliphatic carbocycles. The van der Waals surface area contributed by atoms with Crippen LogP contribution in [-0.4, -0.2) is 51.3 Å². The molecule has 0 fully saturated rings. The molecule has 0 atom stereocenters. The summed E-state index contributed by atoms with van der Waals surface area (Å²) in [5.41, 5.74) is 5.74. The van der Waals surface area contributed by atoms with E-state index in [-0.39, 0.29) is 30.3 Å². The van der Waals surface area contributed by atoms with Crippen molar-refractivity contribution in [2.24, 2.45) is 0 Å². The highest BCUT2D eigenvalue weighted by Gasteiger charge is 2.18. The first-order chi connectivity index (χ1) is 28.1. The number of benzene rings is 2. The number of fused-ring (bicyclic) bond motifs is 2. The number of rotatable bonds is 8. The van der Waals surface area contributed by atoms with Gasteiger partial charge in [0, 0.05) is 52.4 Å². The molecule has 0 saturated heterocycles. The monoisotopic (exact) mass is 787 g/mol. The normalized spacial score (nSPS) is 10.6. The van der Waals surface area contributed by atoms with Crippen LogP contribution in [0.1, 0.15) is 39.3 Å². The van der Waals surface area contributed by atoms with Crippen LogP contribution in [0.25, 0.3) is 33.2 Å². The Bertz CT molecular complexity index is 3060. The third-order valence-corrected chi connectivity index (χ3v) is 9.26. The predicted molar refractivity (Wildman–Crippen MR) is 213 cm³/mol. The molecule has 1 N–H and O–H groups in total. The zero-order valence-electron chi connectivity index (χ0n) is 31.1. The van der Waals surface area contributed by atoms with Gasteiger partial charge in [0.05, 0.1) is 59.3 Å². The summed E-state index contributed by atoms with van der Waals surface area (Å²) >= 11 is 6.62. The molecule has 0 saturated carbocycles. The predicted octanol–water partition coefficient (Wildman–Crippen LogP) is 6.62. The van der Waals surface area contributed by atoms with Gasteiger partial charge in [-0.2, -0.15) is 26.0 Å². The Morgan fingerprint density at radius 1 is 0.793 bits per heavy atom. The molecule has 2 aromatic carbocycles. The third kappa shape index (κ3) is 7.72. The lowest BCUT2D eigenvalue weighted by Gasteiger charge is -2.16. The Hall–Kier alpha value is -8.06. The van der Waals surface area contributed by atoms with Gasteiger partial charge in [0.25, 0.3) is 5.56 Å². The highest BCUT2D eigenvalue weighted by molar-refractivity contribution is 6.31. The van der Waals surface area contributed by atoms with Gasteiger partial charge < -0.3 is 19.1 Å². The Kier molecular flexibility index (Phi) is 10.8. The molecule has 284 valence electrons. The summed E-state index contributed by atoms with van der Waals surface area (Å²) in [4.78, 5) is 26.2. The first kappa shape index (κ1) is 38.2. The van der Waals surface area contributed by atoms with Crippen LogP contribution in [0.4, 0.5) is 0 Å². The van der Waals surface area contributed by atoms with Crippen LogP contribution >= 0.6 is 11.6 Å². The lowest BCUT2D eigenvalue weighted by molar-refractivity contribution is 0.306. The van der Waals surface area contributed by atoms with Gasteiger partial charge >= 0.3 is 0 Å². The number of hydrogen-bond acceptors (Lipinski definition) is 12. The fourth-order valence-electron chi connectivity index (χ4n) is 6.20. The molecule has 0 bridgehead atoms. The number of phenolic OH excluding ortho intramolecular Hbond substituents is 1. The molecule has 0 aliphatic heterocycles. The van der Waals surface area contributed by atoms with Gasteiger partial charge in [-0.25, -0.2) is 24.3 Å². The van der Waals surface area contributed by atoms with E-state index in [9.17, 15) is 20.4 Å². The van der Waals surface area contributed by atoms with Gasteiger partial charge in [-0.3, -0.25) is 4.79 Å². The second-order valence-electron chi connectivity index (χ2n) is 12.8. The number of pyridine rings is 4. The van der Waals surface area contributed by atoms with Crippen molar-refractivity contribution in [1.29, 1.82) is 15.8 Å². The summed E-state index contributed by atoms with van der Waals surface area (Å²) < 4.78 is 16.2. The number of para-hydroxylation sites is 2.